The molecule has 4 rings (SSSR count). The van der Waals surface area contributed by atoms with Crippen LogP contribution in [0.15, 0.2) is 89.1 Å². The Morgan fingerprint density at radius 1 is 0.972 bits per heavy atom. The van der Waals surface area contributed by atoms with Gasteiger partial charge in [0.25, 0.3) is 0 Å². The summed E-state index contributed by atoms with van der Waals surface area (Å²) in [7, 11) is 0. The fraction of sp³-hybridized carbons (Fsp3) is 0.0800. The molecule has 182 valence electrons. The van der Waals surface area contributed by atoms with Crippen LogP contribution in [0.2, 0.25) is 0 Å². The minimum absolute atomic E-state index is 0.110. The van der Waals surface area contributed by atoms with Gasteiger partial charge in [0, 0.05) is 18.3 Å². The van der Waals surface area contributed by atoms with Crippen molar-refractivity contribution in [2.75, 3.05) is 21.8 Å². The normalized spacial score (nSPS) is 10.7. The van der Waals surface area contributed by atoms with Gasteiger partial charge in [0.2, 0.25) is 22.9 Å². The van der Waals surface area contributed by atoms with Gasteiger partial charge >= 0.3 is 0 Å². The highest BCUT2D eigenvalue weighted by Gasteiger charge is 2.08. The number of H-pyrrole nitrogens is 1. The number of anilines is 3. The first-order valence-electron chi connectivity index (χ1n) is 10.9. The van der Waals surface area contributed by atoms with E-state index in [4.69, 9.17) is 4.74 Å². The van der Waals surface area contributed by atoms with E-state index in [1.165, 1.54) is 18.7 Å². The summed E-state index contributed by atoms with van der Waals surface area (Å²) in [5, 5.41) is 16.8. The molecule has 36 heavy (non-hydrogen) atoms. The van der Waals surface area contributed by atoms with E-state index >= 15 is 0 Å². The monoisotopic (exact) mass is 501 g/mol. The Morgan fingerprint density at radius 3 is 2.53 bits per heavy atom. The summed E-state index contributed by atoms with van der Waals surface area (Å²) < 4.78 is 5.83. The molecule has 0 fully saturated rings. The van der Waals surface area contributed by atoms with E-state index in [1.807, 2.05) is 54.6 Å². The number of hydrogen-bond donors (Lipinski definition) is 4. The Hall–Kier alpha value is -4.64. The number of ether oxygens (including phenoxy) is 1. The molecule has 4 N–H and O–H groups in total. The quantitative estimate of drug-likeness (QED) is 0.140. The topological polar surface area (TPSA) is 133 Å². The first-order chi connectivity index (χ1) is 17.5. The summed E-state index contributed by atoms with van der Waals surface area (Å²) in [6.07, 6.45) is 1.63. The highest BCUT2D eigenvalue weighted by atomic mass is 32.2. The lowest BCUT2D eigenvalue weighted by Gasteiger charge is -2.07. The fourth-order valence-corrected chi connectivity index (χ4v) is 3.62. The number of nitrogens with one attached hydrogen (secondary N) is 4. The van der Waals surface area contributed by atoms with Crippen LogP contribution in [0.1, 0.15) is 12.5 Å². The van der Waals surface area contributed by atoms with Gasteiger partial charge in [0.15, 0.2) is 0 Å². The minimum Gasteiger partial charge on any atom is -0.457 e. The first-order valence-corrected chi connectivity index (χ1v) is 11.9. The minimum atomic E-state index is -0.227. The zero-order valence-corrected chi connectivity index (χ0v) is 20.1. The van der Waals surface area contributed by atoms with Crippen molar-refractivity contribution in [3.63, 3.8) is 0 Å². The molecule has 0 aliphatic rings. The molecule has 11 heteroatoms. The summed E-state index contributed by atoms with van der Waals surface area (Å²) in [5.74, 6) is 1.49. The molecule has 0 aliphatic carbocycles. The molecule has 10 nitrogen and oxygen atoms in total. The molecule has 0 saturated carbocycles. The van der Waals surface area contributed by atoms with E-state index in [1.54, 1.807) is 30.5 Å². The third-order valence-electron chi connectivity index (χ3n) is 4.49. The van der Waals surface area contributed by atoms with Crippen LogP contribution in [0.3, 0.4) is 0 Å². The van der Waals surface area contributed by atoms with Crippen molar-refractivity contribution in [2.45, 2.75) is 12.1 Å². The van der Waals surface area contributed by atoms with Gasteiger partial charge in [-0.05, 0) is 48.0 Å². The molecular weight excluding hydrogens is 478 g/mol. The highest BCUT2D eigenvalue weighted by molar-refractivity contribution is 7.99. The van der Waals surface area contributed by atoms with Crippen molar-refractivity contribution in [1.82, 2.24) is 15.2 Å². The molecule has 1 aromatic heterocycles. The second-order valence-electron chi connectivity index (χ2n) is 7.42. The maximum absolute atomic E-state index is 12.3. The number of thioether (sulfide) groups is 1. The summed E-state index contributed by atoms with van der Waals surface area (Å²) in [5.41, 5.74) is 4.81. The number of aromatic nitrogens is 3. The van der Waals surface area contributed by atoms with E-state index in [0.717, 1.165) is 11.3 Å². The van der Waals surface area contributed by atoms with Crippen molar-refractivity contribution in [3.05, 3.63) is 84.4 Å². The van der Waals surface area contributed by atoms with E-state index in [9.17, 15) is 9.59 Å². The number of benzene rings is 3. The van der Waals surface area contributed by atoms with E-state index in [2.05, 4.69) is 36.3 Å². The predicted octanol–water partition coefficient (Wildman–Crippen LogP) is 4.73. The molecule has 0 atom stereocenters. The lowest BCUT2D eigenvalue weighted by Crippen LogP contribution is -2.14. The number of carbonyl (C=O) groups is 2. The van der Waals surface area contributed by atoms with Crippen molar-refractivity contribution in [2.24, 2.45) is 5.10 Å². The molecule has 0 unspecified atom stereocenters. The van der Waals surface area contributed by atoms with Gasteiger partial charge in [0.1, 0.15) is 11.5 Å². The number of rotatable bonds is 10. The number of para-hydroxylation sites is 1. The SMILES string of the molecule is CC(=O)Nc1cccc(NC(=O)CSc2n[nH]c(N/N=C/c3cccc(Oc4ccccc4)c3)n2)c1. The van der Waals surface area contributed by atoms with Gasteiger partial charge < -0.3 is 15.4 Å². The maximum Gasteiger partial charge on any atom is 0.240 e. The van der Waals surface area contributed by atoms with Gasteiger partial charge in [-0.1, -0.05) is 48.2 Å². The molecule has 2 amide bonds. The number of nitrogens with zero attached hydrogens (tertiary/aromatic N) is 3. The Bertz CT molecular complexity index is 1360. The highest BCUT2D eigenvalue weighted by Crippen LogP contribution is 2.21. The van der Waals surface area contributed by atoms with Crippen LogP contribution in [0.25, 0.3) is 0 Å². The van der Waals surface area contributed by atoms with E-state index in [0.29, 0.717) is 28.2 Å². The van der Waals surface area contributed by atoms with Gasteiger partial charge in [0.05, 0.1) is 12.0 Å². The summed E-state index contributed by atoms with van der Waals surface area (Å²) in [6.45, 7) is 1.42. The van der Waals surface area contributed by atoms with E-state index in [-0.39, 0.29) is 17.6 Å². The van der Waals surface area contributed by atoms with Gasteiger partial charge in [-0.2, -0.15) is 10.1 Å². The van der Waals surface area contributed by atoms with Crippen LogP contribution < -0.4 is 20.8 Å². The standard InChI is InChI=1S/C25H23N7O3S/c1-17(33)27-19-8-6-9-20(14-19)28-23(34)16-36-25-29-24(31-32-25)30-26-15-18-7-5-12-22(13-18)35-21-10-3-2-4-11-21/h2-15H,16H2,1H3,(H,27,33)(H,28,34)(H2,29,30,31,32)/b26-15+. The average Bonchev–Trinajstić information content (AvgIpc) is 3.31. The molecule has 0 spiro atoms. The Morgan fingerprint density at radius 2 is 1.72 bits per heavy atom. The van der Waals surface area contributed by atoms with Gasteiger partial charge in [-0.15, -0.1) is 5.10 Å². The predicted molar refractivity (Wildman–Crippen MR) is 141 cm³/mol. The van der Waals surface area contributed by atoms with Crippen LogP contribution in [-0.4, -0.2) is 39.0 Å². The Balaban J connectivity index is 1.24. The summed E-state index contributed by atoms with van der Waals surface area (Å²) in [6, 6.07) is 23.9. The molecule has 1 heterocycles. The zero-order chi connectivity index (χ0) is 25.2. The molecule has 0 radical (unpaired) electrons. The van der Waals surface area contributed by atoms with Gasteiger partial charge in [-0.25, -0.2) is 10.5 Å². The largest absolute Gasteiger partial charge is 0.457 e. The number of hydrazone groups is 1. The average molecular weight is 502 g/mol. The Labute approximate surface area is 211 Å². The molecule has 4 aromatic rings. The third kappa shape index (κ3) is 7.71. The maximum atomic E-state index is 12.3. The van der Waals surface area contributed by atoms with Crippen LogP contribution in [0.5, 0.6) is 11.5 Å². The van der Waals surface area contributed by atoms with Crippen molar-refractivity contribution < 1.29 is 14.3 Å². The third-order valence-corrected chi connectivity index (χ3v) is 5.33. The summed E-state index contributed by atoms with van der Waals surface area (Å²) in [4.78, 5) is 27.7. The molecule has 0 saturated heterocycles. The Kier molecular flexibility index (Phi) is 8.28. The van der Waals surface area contributed by atoms with Crippen LogP contribution in [-0.2, 0) is 9.59 Å². The lowest BCUT2D eigenvalue weighted by atomic mass is 10.2. The number of amides is 2. The number of hydrogen-bond acceptors (Lipinski definition) is 8. The van der Waals surface area contributed by atoms with Crippen molar-refractivity contribution in [1.29, 1.82) is 0 Å². The van der Waals surface area contributed by atoms with Crippen LogP contribution >= 0.6 is 11.8 Å². The summed E-state index contributed by atoms with van der Waals surface area (Å²) >= 11 is 1.17. The number of carbonyl (C=O) groups excluding carboxylic acids is 2. The van der Waals surface area contributed by atoms with E-state index < -0.39 is 0 Å². The zero-order valence-electron chi connectivity index (χ0n) is 19.3. The number of aromatic amines is 1. The van der Waals surface area contributed by atoms with Crippen LogP contribution in [0.4, 0.5) is 17.3 Å². The molecule has 0 aliphatic heterocycles. The molecule has 0 bridgehead atoms. The second kappa shape index (κ2) is 12.2. The fourth-order valence-electron chi connectivity index (χ4n) is 3.02. The second-order valence-corrected chi connectivity index (χ2v) is 8.37. The van der Waals surface area contributed by atoms with Gasteiger partial charge in [-0.3, -0.25) is 9.59 Å². The lowest BCUT2D eigenvalue weighted by molar-refractivity contribution is -0.114. The smallest absolute Gasteiger partial charge is 0.240 e. The first kappa shape index (κ1) is 24.5. The molecule has 3 aromatic carbocycles. The van der Waals surface area contributed by atoms with Crippen LogP contribution in [0, 0.1) is 0 Å². The molecular formula is C25H23N7O3S. The van der Waals surface area contributed by atoms with Crippen molar-refractivity contribution in [3.8, 4) is 11.5 Å². The van der Waals surface area contributed by atoms with Crippen molar-refractivity contribution >= 4 is 47.1 Å².